The molecule has 22 heavy (non-hydrogen) atoms. The second-order valence-corrected chi connectivity index (χ2v) is 5.13. The second-order valence-electron chi connectivity index (χ2n) is 5.13. The van der Waals surface area contributed by atoms with E-state index in [0.717, 1.165) is 12.0 Å². The Morgan fingerprint density at radius 1 is 1.14 bits per heavy atom. The van der Waals surface area contributed by atoms with E-state index in [0.29, 0.717) is 5.75 Å². The van der Waals surface area contributed by atoms with Gasteiger partial charge in [0.25, 0.3) is 5.91 Å². The van der Waals surface area contributed by atoms with Gasteiger partial charge in [0.2, 0.25) is 0 Å². The molecule has 2 rings (SSSR count). The van der Waals surface area contributed by atoms with Gasteiger partial charge in [-0.3, -0.25) is 4.79 Å². The Bertz CT molecular complexity index is 608. The van der Waals surface area contributed by atoms with Crippen LogP contribution < -0.4 is 10.1 Å². The Hall–Kier alpha value is -2.36. The molecule has 1 N–H and O–H groups in total. The molecule has 0 aliphatic rings. The summed E-state index contributed by atoms with van der Waals surface area (Å²) >= 11 is 0. The van der Waals surface area contributed by atoms with Gasteiger partial charge in [0, 0.05) is 0 Å². The van der Waals surface area contributed by atoms with Gasteiger partial charge in [0.05, 0.1) is 6.04 Å². The van der Waals surface area contributed by atoms with Crippen molar-refractivity contribution in [2.45, 2.75) is 26.3 Å². The van der Waals surface area contributed by atoms with E-state index >= 15 is 0 Å². The molecule has 0 radical (unpaired) electrons. The molecule has 0 heterocycles. The van der Waals surface area contributed by atoms with Gasteiger partial charge in [-0.2, -0.15) is 0 Å². The number of ether oxygens (including phenoxy) is 1. The number of hydrogen-bond donors (Lipinski definition) is 1. The van der Waals surface area contributed by atoms with Crippen molar-refractivity contribution in [3.05, 3.63) is 65.5 Å². The van der Waals surface area contributed by atoms with Crippen LogP contribution in [0.2, 0.25) is 0 Å². The monoisotopic (exact) mass is 301 g/mol. The minimum Gasteiger partial charge on any atom is -0.484 e. The van der Waals surface area contributed by atoms with Crippen LogP contribution in [0.25, 0.3) is 0 Å². The molecule has 116 valence electrons. The van der Waals surface area contributed by atoms with Crippen molar-refractivity contribution in [2.24, 2.45) is 0 Å². The molecule has 1 amide bonds. The highest BCUT2D eigenvalue weighted by molar-refractivity contribution is 5.78. The summed E-state index contributed by atoms with van der Waals surface area (Å²) in [4.78, 5) is 11.9. The summed E-state index contributed by atoms with van der Waals surface area (Å²) in [6.07, 6.45) is 0.968. The van der Waals surface area contributed by atoms with E-state index < -0.39 is 0 Å². The third-order valence-electron chi connectivity index (χ3n) is 3.45. The van der Waals surface area contributed by atoms with Gasteiger partial charge >= 0.3 is 0 Å². The first-order valence-electron chi connectivity index (χ1n) is 7.35. The summed E-state index contributed by atoms with van der Waals surface area (Å²) in [5, 5.41) is 2.82. The maximum absolute atomic E-state index is 12.9. The Kier molecular flexibility index (Phi) is 5.53. The van der Waals surface area contributed by atoms with Crippen molar-refractivity contribution in [3.8, 4) is 5.75 Å². The zero-order valence-electron chi connectivity index (χ0n) is 12.8. The van der Waals surface area contributed by atoms with Gasteiger partial charge in [-0.15, -0.1) is 0 Å². The van der Waals surface area contributed by atoms with Crippen LogP contribution in [-0.2, 0) is 11.2 Å². The predicted octanol–water partition coefficient (Wildman–Crippen LogP) is 3.64. The first-order valence-corrected chi connectivity index (χ1v) is 7.35. The Morgan fingerprint density at radius 3 is 2.36 bits per heavy atom. The average Bonchev–Trinajstić information content (AvgIpc) is 2.54. The highest BCUT2D eigenvalue weighted by Crippen LogP contribution is 2.14. The van der Waals surface area contributed by atoms with Crippen molar-refractivity contribution < 1.29 is 13.9 Å². The number of carbonyl (C=O) groups excluding carboxylic acids is 1. The molecule has 0 aromatic heterocycles. The standard InChI is InChI=1S/C18H20FNO2/c1-3-14-4-10-17(11-5-14)22-12-18(21)20-13(2)15-6-8-16(19)9-7-15/h4-11,13H,3,12H2,1-2H3,(H,20,21)/t13-/m0/s1. The Morgan fingerprint density at radius 2 is 1.77 bits per heavy atom. The molecule has 0 spiro atoms. The molecule has 0 bridgehead atoms. The molecule has 1 atom stereocenters. The van der Waals surface area contributed by atoms with Crippen LogP contribution in [0.5, 0.6) is 5.75 Å². The molecule has 2 aromatic rings. The smallest absolute Gasteiger partial charge is 0.258 e. The van der Waals surface area contributed by atoms with Crippen LogP contribution in [0.1, 0.15) is 31.0 Å². The van der Waals surface area contributed by atoms with E-state index in [1.54, 1.807) is 12.1 Å². The van der Waals surface area contributed by atoms with E-state index in [9.17, 15) is 9.18 Å². The van der Waals surface area contributed by atoms with Crippen molar-refractivity contribution in [3.63, 3.8) is 0 Å². The number of nitrogens with one attached hydrogen (secondary N) is 1. The van der Waals surface area contributed by atoms with Crippen LogP contribution in [0, 0.1) is 5.82 Å². The molecule has 4 heteroatoms. The fourth-order valence-electron chi connectivity index (χ4n) is 2.09. The zero-order valence-corrected chi connectivity index (χ0v) is 12.8. The first-order chi connectivity index (χ1) is 10.6. The van der Waals surface area contributed by atoms with Crippen LogP contribution in [0.3, 0.4) is 0 Å². The lowest BCUT2D eigenvalue weighted by Gasteiger charge is -2.14. The molecule has 0 aliphatic carbocycles. The van der Waals surface area contributed by atoms with E-state index in [1.807, 2.05) is 31.2 Å². The molecule has 0 aliphatic heterocycles. The van der Waals surface area contributed by atoms with Crippen LogP contribution in [-0.4, -0.2) is 12.5 Å². The zero-order chi connectivity index (χ0) is 15.9. The van der Waals surface area contributed by atoms with Gasteiger partial charge in [-0.05, 0) is 48.7 Å². The molecule has 0 saturated heterocycles. The van der Waals surface area contributed by atoms with Crippen LogP contribution in [0.4, 0.5) is 4.39 Å². The number of amides is 1. The number of hydrogen-bond acceptors (Lipinski definition) is 2. The summed E-state index contributed by atoms with van der Waals surface area (Å²) in [6.45, 7) is 3.89. The Labute approximate surface area is 130 Å². The summed E-state index contributed by atoms with van der Waals surface area (Å²) in [6, 6.07) is 13.6. The van der Waals surface area contributed by atoms with Gasteiger partial charge in [0.15, 0.2) is 6.61 Å². The summed E-state index contributed by atoms with van der Waals surface area (Å²) < 4.78 is 18.3. The SMILES string of the molecule is CCc1ccc(OCC(=O)N[C@@H](C)c2ccc(F)cc2)cc1. The third kappa shape index (κ3) is 4.58. The topological polar surface area (TPSA) is 38.3 Å². The molecule has 0 saturated carbocycles. The van der Waals surface area contributed by atoms with Gasteiger partial charge in [0.1, 0.15) is 11.6 Å². The summed E-state index contributed by atoms with van der Waals surface area (Å²) in [5.41, 5.74) is 2.07. The average molecular weight is 301 g/mol. The predicted molar refractivity (Wildman–Crippen MR) is 84.3 cm³/mol. The van der Waals surface area contributed by atoms with Crippen molar-refractivity contribution >= 4 is 5.91 Å². The summed E-state index contributed by atoms with van der Waals surface area (Å²) in [7, 11) is 0. The molecule has 0 fully saturated rings. The van der Waals surface area contributed by atoms with Crippen LogP contribution >= 0.6 is 0 Å². The van der Waals surface area contributed by atoms with Gasteiger partial charge in [-0.25, -0.2) is 4.39 Å². The number of rotatable bonds is 6. The van der Waals surface area contributed by atoms with Gasteiger partial charge < -0.3 is 10.1 Å². The quantitative estimate of drug-likeness (QED) is 0.884. The largest absolute Gasteiger partial charge is 0.484 e. The van der Waals surface area contributed by atoms with Crippen molar-refractivity contribution in [1.29, 1.82) is 0 Å². The van der Waals surface area contributed by atoms with Crippen LogP contribution in [0.15, 0.2) is 48.5 Å². The van der Waals surface area contributed by atoms with Gasteiger partial charge in [-0.1, -0.05) is 31.2 Å². The minimum absolute atomic E-state index is 0.0446. The number of halogens is 1. The highest BCUT2D eigenvalue weighted by Gasteiger charge is 2.10. The fraction of sp³-hybridized carbons (Fsp3) is 0.278. The molecule has 0 unspecified atom stereocenters. The number of aryl methyl sites for hydroxylation is 1. The molecular formula is C18H20FNO2. The third-order valence-corrected chi connectivity index (χ3v) is 3.45. The second kappa shape index (κ2) is 7.59. The lowest BCUT2D eigenvalue weighted by Crippen LogP contribution is -2.31. The first kappa shape index (κ1) is 16.0. The lowest BCUT2D eigenvalue weighted by molar-refractivity contribution is -0.123. The minimum atomic E-state index is -0.291. The normalized spacial score (nSPS) is 11.8. The number of carbonyl (C=O) groups is 1. The van der Waals surface area contributed by atoms with Crippen molar-refractivity contribution in [1.82, 2.24) is 5.32 Å². The molecule has 3 nitrogen and oxygen atoms in total. The van der Waals surface area contributed by atoms with E-state index in [4.69, 9.17) is 4.74 Å². The maximum Gasteiger partial charge on any atom is 0.258 e. The van der Waals surface area contributed by atoms with E-state index in [2.05, 4.69) is 12.2 Å². The maximum atomic E-state index is 12.9. The van der Waals surface area contributed by atoms with E-state index in [-0.39, 0.29) is 24.4 Å². The summed E-state index contributed by atoms with van der Waals surface area (Å²) in [5.74, 6) is 0.166. The number of benzene rings is 2. The fourth-order valence-corrected chi connectivity index (χ4v) is 2.09. The lowest BCUT2D eigenvalue weighted by atomic mass is 10.1. The van der Waals surface area contributed by atoms with Crippen molar-refractivity contribution in [2.75, 3.05) is 6.61 Å². The van der Waals surface area contributed by atoms with E-state index in [1.165, 1.54) is 17.7 Å². The Balaban J connectivity index is 1.83. The highest BCUT2D eigenvalue weighted by atomic mass is 19.1. The molecular weight excluding hydrogens is 281 g/mol. The molecule has 2 aromatic carbocycles.